The van der Waals surface area contributed by atoms with Gasteiger partial charge in [-0.1, -0.05) is 61.0 Å². The summed E-state index contributed by atoms with van der Waals surface area (Å²) >= 11 is 0.546. The average Bonchev–Trinajstić information content (AvgIpc) is 2.58. The molecule has 0 saturated heterocycles. The average molecular weight is 199 g/mol. The van der Waals surface area contributed by atoms with Crippen molar-refractivity contribution < 1.29 is 0 Å². The van der Waals surface area contributed by atoms with E-state index < -0.39 is 0 Å². The Morgan fingerprint density at radius 3 is 2.86 bits per heavy atom. The van der Waals surface area contributed by atoms with Crippen molar-refractivity contribution in [3.63, 3.8) is 0 Å². The lowest BCUT2D eigenvalue weighted by atomic mass is 10.1. The molecule has 1 aliphatic carbocycles. The zero-order valence-electron chi connectivity index (χ0n) is 8.90. The molecule has 0 bridgehead atoms. The van der Waals surface area contributed by atoms with Crippen LogP contribution < -0.4 is 0 Å². The molecular formula is C13H16Al. The molecule has 1 aromatic rings. The van der Waals surface area contributed by atoms with Gasteiger partial charge >= 0.3 is 0 Å². The van der Waals surface area contributed by atoms with Crippen LogP contribution in [0.15, 0.2) is 30.3 Å². The predicted molar refractivity (Wildman–Crippen MR) is 63.6 cm³/mol. The third kappa shape index (κ3) is 2.11. The van der Waals surface area contributed by atoms with Crippen molar-refractivity contribution in [2.75, 3.05) is 0 Å². The lowest BCUT2D eigenvalue weighted by Crippen LogP contribution is -2.06. The monoisotopic (exact) mass is 199 g/mol. The van der Waals surface area contributed by atoms with Crippen LogP contribution in [0.1, 0.15) is 29.8 Å². The molecule has 0 aliphatic heterocycles. The Hall–Kier alpha value is -0.508. The highest BCUT2D eigenvalue weighted by atomic mass is 27.1. The number of allylic oxidation sites excluding steroid dienone is 1. The second-order valence-corrected chi connectivity index (χ2v) is 6.04. The van der Waals surface area contributed by atoms with E-state index in [2.05, 4.69) is 50.3 Å². The highest BCUT2D eigenvalue weighted by Crippen LogP contribution is 2.29. The minimum atomic E-state index is 0.546. The van der Waals surface area contributed by atoms with Gasteiger partial charge in [0.2, 0.25) is 15.2 Å². The van der Waals surface area contributed by atoms with E-state index in [-0.39, 0.29) is 0 Å². The number of rotatable bonds is 3. The molecule has 1 radical (unpaired) electrons. The normalized spacial score (nSPS) is 18.6. The van der Waals surface area contributed by atoms with Gasteiger partial charge in [-0.05, 0) is 11.1 Å². The molecule has 1 heteroatoms. The highest BCUT2D eigenvalue weighted by Gasteiger charge is 2.17. The molecule has 0 heterocycles. The highest BCUT2D eigenvalue weighted by molar-refractivity contribution is 6.39. The molecule has 1 aliphatic rings. The fourth-order valence-electron chi connectivity index (χ4n) is 1.90. The van der Waals surface area contributed by atoms with Crippen molar-refractivity contribution in [2.45, 2.75) is 23.9 Å². The molecule has 0 saturated carbocycles. The molecular weight excluding hydrogens is 183 g/mol. The van der Waals surface area contributed by atoms with Gasteiger partial charge in [-0.3, -0.25) is 0 Å². The van der Waals surface area contributed by atoms with Crippen molar-refractivity contribution in [3.8, 4) is 0 Å². The Morgan fingerprint density at radius 2 is 2.07 bits per heavy atom. The molecule has 1 unspecified atom stereocenters. The standard InChI is InChI=1S/C9H7.C4H9.Al/c1-2-5-9-7-3-6-8(9)4-1;1-4(2)3;/h1-7H;4H,1H2,2-3H3;. The Labute approximate surface area is 92.7 Å². The summed E-state index contributed by atoms with van der Waals surface area (Å²) in [6.45, 7) is 4.63. The molecule has 0 nitrogen and oxygen atoms in total. The van der Waals surface area contributed by atoms with Crippen LogP contribution in [0.3, 0.4) is 0 Å². The molecule has 0 N–H and O–H groups in total. The summed E-state index contributed by atoms with van der Waals surface area (Å²) in [7, 11) is 0. The molecule has 0 spiro atoms. The van der Waals surface area contributed by atoms with Crippen LogP contribution in [-0.2, 0) is 0 Å². The lowest BCUT2D eigenvalue weighted by molar-refractivity contribution is 0.727. The van der Waals surface area contributed by atoms with Gasteiger partial charge < -0.3 is 0 Å². The van der Waals surface area contributed by atoms with Gasteiger partial charge in [-0.15, -0.1) is 5.28 Å². The van der Waals surface area contributed by atoms with Crippen molar-refractivity contribution >= 4 is 21.3 Å². The van der Waals surface area contributed by atoms with E-state index in [0.717, 1.165) is 10.7 Å². The molecule has 2 rings (SSSR count). The zero-order valence-corrected chi connectivity index (χ0v) is 10.1. The topological polar surface area (TPSA) is 0 Å². The van der Waals surface area contributed by atoms with Crippen molar-refractivity contribution in [1.82, 2.24) is 0 Å². The zero-order chi connectivity index (χ0) is 9.97. The summed E-state index contributed by atoms with van der Waals surface area (Å²) in [4.78, 5) is 0. The molecule has 0 amide bonds. The number of hydrogen-bond donors (Lipinski definition) is 0. The van der Waals surface area contributed by atoms with Crippen LogP contribution in [0, 0.1) is 5.92 Å². The van der Waals surface area contributed by atoms with Gasteiger partial charge in [0.1, 0.15) is 0 Å². The van der Waals surface area contributed by atoms with E-state index in [4.69, 9.17) is 0 Å². The van der Waals surface area contributed by atoms with Gasteiger partial charge in [0.15, 0.2) is 0 Å². The van der Waals surface area contributed by atoms with Gasteiger partial charge in [0, 0.05) is 0 Å². The van der Waals surface area contributed by atoms with Crippen molar-refractivity contribution in [1.29, 1.82) is 0 Å². The van der Waals surface area contributed by atoms with E-state index >= 15 is 0 Å². The minimum Gasteiger partial charge on any atom is -0.100 e. The van der Waals surface area contributed by atoms with Crippen LogP contribution in [-0.4, -0.2) is 15.2 Å². The Balaban J connectivity index is 2.07. The summed E-state index contributed by atoms with van der Waals surface area (Å²) in [6, 6.07) is 8.80. The fourth-order valence-corrected chi connectivity index (χ4v) is 3.56. The van der Waals surface area contributed by atoms with Crippen molar-refractivity contribution in [2.24, 2.45) is 5.92 Å². The number of benzene rings is 1. The molecule has 0 fully saturated rings. The third-order valence-electron chi connectivity index (χ3n) is 2.70. The molecule has 71 valence electrons. The summed E-state index contributed by atoms with van der Waals surface area (Å²) in [5.41, 5.74) is 3.00. The van der Waals surface area contributed by atoms with Crippen LogP contribution in [0.4, 0.5) is 0 Å². The maximum atomic E-state index is 2.39. The second kappa shape index (κ2) is 4.34. The molecule has 1 atom stereocenters. The first-order valence-electron chi connectivity index (χ1n) is 5.38. The summed E-state index contributed by atoms with van der Waals surface area (Å²) < 4.78 is 0.758. The number of hydrogen-bond acceptors (Lipinski definition) is 0. The first-order valence-corrected chi connectivity index (χ1v) is 6.86. The Kier molecular flexibility index (Phi) is 3.11. The smallest absolute Gasteiger partial charge is 0.100 e. The van der Waals surface area contributed by atoms with Crippen LogP contribution in [0.2, 0.25) is 5.28 Å². The first kappa shape index (κ1) is 10.0. The molecule has 1 aromatic carbocycles. The Bertz CT molecular complexity index is 339. The third-order valence-corrected chi connectivity index (χ3v) is 5.00. The largest absolute Gasteiger partial charge is 0.219 e. The van der Waals surface area contributed by atoms with E-state index in [1.165, 1.54) is 10.8 Å². The summed E-state index contributed by atoms with van der Waals surface area (Å²) in [5, 5.41) is 1.41. The van der Waals surface area contributed by atoms with E-state index in [0.29, 0.717) is 15.2 Å². The Morgan fingerprint density at radius 1 is 1.29 bits per heavy atom. The number of fused-ring (bicyclic) bond motifs is 1. The van der Waals surface area contributed by atoms with Crippen molar-refractivity contribution in [3.05, 3.63) is 41.5 Å². The van der Waals surface area contributed by atoms with E-state index in [1.54, 1.807) is 5.56 Å². The van der Waals surface area contributed by atoms with Crippen LogP contribution in [0.25, 0.3) is 6.08 Å². The van der Waals surface area contributed by atoms with Gasteiger partial charge in [-0.25, -0.2) is 0 Å². The maximum absolute atomic E-state index is 2.39. The molecule has 14 heavy (non-hydrogen) atoms. The molecule has 0 aromatic heterocycles. The predicted octanol–water partition coefficient (Wildman–Crippen LogP) is 3.53. The van der Waals surface area contributed by atoms with E-state index in [9.17, 15) is 0 Å². The van der Waals surface area contributed by atoms with E-state index in [1.807, 2.05) is 0 Å². The van der Waals surface area contributed by atoms with Crippen LogP contribution >= 0.6 is 0 Å². The maximum Gasteiger partial charge on any atom is 0.219 e. The van der Waals surface area contributed by atoms with Gasteiger partial charge in [0.05, 0.1) is 0 Å². The quantitative estimate of drug-likeness (QED) is 0.653. The lowest BCUT2D eigenvalue weighted by Gasteiger charge is -2.10. The van der Waals surface area contributed by atoms with Gasteiger partial charge in [-0.2, -0.15) is 0 Å². The first-order chi connectivity index (χ1) is 6.77. The van der Waals surface area contributed by atoms with Crippen LogP contribution in [0.5, 0.6) is 0 Å². The summed E-state index contributed by atoms with van der Waals surface area (Å²) in [6.07, 6.45) is 4.68. The second-order valence-electron chi connectivity index (χ2n) is 4.38. The summed E-state index contributed by atoms with van der Waals surface area (Å²) in [5.74, 6) is 0.853. The van der Waals surface area contributed by atoms with Gasteiger partial charge in [0.25, 0.3) is 0 Å². The fraction of sp³-hybridized carbons (Fsp3) is 0.385. The minimum absolute atomic E-state index is 0.546. The SMILES string of the molecule is CC(C)[CH2][Al][CH]1C=Cc2ccccc21.